The van der Waals surface area contributed by atoms with Crippen LogP contribution in [0.2, 0.25) is 0 Å². The van der Waals surface area contributed by atoms with Gasteiger partial charge < -0.3 is 14.7 Å². The molecule has 0 aliphatic rings. The molecule has 0 aromatic carbocycles. The van der Waals surface area contributed by atoms with Gasteiger partial charge in [0.25, 0.3) is 0 Å². The summed E-state index contributed by atoms with van der Waals surface area (Å²) in [6.45, 7) is 1.03. The van der Waals surface area contributed by atoms with Gasteiger partial charge in [-0.2, -0.15) is 0 Å². The van der Waals surface area contributed by atoms with Crippen molar-refractivity contribution in [1.82, 2.24) is 0 Å². The van der Waals surface area contributed by atoms with Crippen LogP contribution in [0.15, 0.2) is 0 Å². The predicted octanol–water partition coefficient (Wildman–Crippen LogP) is -2.69. The molecule has 0 aliphatic heterocycles. The Bertz CT molecular complexity index is 183. The minimum absolute atomic E-state index is 0. The first-order valence-corrected chi connectivity index (χ1v) is 5.23. The summed E-state index contributed by atoms with van der Waals surface area (Å²) in [5.41, 5.74) is 0. The van der Waals surface area contributed by atoms with Crippen molar-refractivity contribution in [2.45, 2.75) is 12.8 Å². The SMILES string of the molecule is CC(O[PH](=O)O)P(=O)(O)O.[NaH].[NaH].[NaH].[NaH]. The van der Waals surface area contributed by atoms with Crippen LogP contribution >= 0.6 is 15.9 Å². The molecule has 6 nitrogen and oxygen atoms in total. The van der Waals surface area contributed by atoms with Gasteiger partial charge in [0.2, 0.25) is 0 Å². The molecule has 14 heavy (non-hydrogen) atoms. The Balaban J connectivity index is -0.0000000675. The van der Waals surface area contributed by atoms with Crippen molar-refractivity contribution in [2.75, 3.05) is 0 Å². The van der Waals surface area contributed by atoms with E-state index in [-0.39, 0.29) is 118 Å². The topological polar surface area (TPSA) is 104 Å². The quantitative estimate of drug-likeness (QED) is 0.386. The van der Waals surface area contributed by atoms with E-state index in [1.807, 2.05) is 0 Å². The minimum atomic E-state index is -4.37. The summed E-state index contributed by atoms with van der Waals surface area (Å²) in [5, 5.41) is 0. The van der Waals surface area contributed by atoms with E-state index in [0.717, 1.165) is 6.92 Å². The molecular formula is C2H12Na4O6P2. The van der Waals surface area contributed by atoms with Crippen molar-refractivity contribution in [3.63, 3.8) is 0 Å². The molecule has 12 heteroatoms. The summed E-state index contributed by atoms with van der Waals surface area (Å²) in [7, 11) is -7.63. The van der Waals surface area contributed by atoms with Crippen LogP contribution in [0.25, 0.3) is 0 Å². The normalized spacial score (nSPS) is 13.1. The van der Waals surface area contributed by atoms with Crippen molar-refractivity contribution in [3.8, 4) is 0 Å². The van der Waals surface area contributed by atoms with E-state index < -0.39 is 21.7 Å². The van der Waals surface area contributed by atoms with Gasteiger partial charge in [-0.25, -0.2) is 0 Å². The van der Waals surface area contributed by atoms with Gasteiger partial charge in [-0.15, -0.1) is 0 Å². The number of hydrogen-bond acceptors (Lipinski definition) is 3. The Labute approximate surface area is 172 Å². The van der Waals surface area contributed by atoms with Gasteiger partial charge in [0, 0.05) is 0 Å². The third kappa shape index (κ3) is 18.7. The van der Waals surface area contributed by atoms with E-state index in [0.29, 0.717) is 0 Å². The Hall–Kier alpha value is 4.30. The standard InChI is InChI=1S/C2H8O6P2.4Na.4H/c1-2(8-9(3)4)10(5,6)7;;;;;;;;/h2,9H,1H3,(H,3,4)(H2,5,6,7);;;;;;;;. The molecule has 0 aromatic rings. The van der Waals surface area contributed by atoms with E-state index in [2.05, 4.69) is 4.52 Å². The second-order valence-corrected chi connectivity index (χ2v) is 4.25. The van der Waals surface area contributed by atoms with Crippen molar-refractivity contribution >= 4 is 134 Å². The average molecular weight is 286 g/mol. The molecule has 0 saturated heterocycles. The fourth-order valence-corrected chi connectivity index (χ4v) is 1.33. The average Bonchev–Trinajstić information content (AvgIpc) is 1.60. The molecule has 0 spiro atoms. The maximum atomic E-state index is 10.2. The zero-order valence-electron chi connectivity index (χ0n) is 5.09. The van der Waals surface area contributed by atoms with E-state index in [4.69, 9.17) is 14.7 Å². The van der Waals surface area contributed by atoms with Gasteiger partial charge in [0.05, 0.1) is 0 Å². The molecule has 0 amide bonds. The molecule has 0 heterocycles. The van der Waals surface area contributed by atoms with Gasteiger partial charge >= 0.3 is 134 Å². The van der Waals surface area contributed by atoms with Crippen LogP contribution in [0.1, 0.15) is 6.92 Å². The van der Waals surface area contributed by atoms with E-state index in [9.17, 15) is 9.13 Å². The second-order valence-electron chi connectivity index (χ2n) is 1.57. The van der Waals surface area contributed by atoms with Gasteiger partial charge in [0.15, 0.2) is 5.85 Å². The second kappa shape index (κ2) is 15.4. The Morgan fingerprint density at radius 3 is 1.57 bits per heavy atom. The predicted molar refractivity (Wildman–Crippen MR) is 62.4 cm³/mol. The van der Waals surface area contributed by atoms with Crippen LogP contribution in [0, 0.1) is 0 Å². The molecule has 0 radical (unpaired) electrons. The summed E-state index contributed by atoms with van der Waals surface area (Å²) < 4.78 is 24.0. The third-order valence-electron chi connectivity index (χ3n) is 0.745. The van der Waals surface area contributed by atoms with Crippen molar-refractivity contribution in [1.29, 1.82) is 0 Å². The Morgan fingerprint density at radius 2 is 1.50 bits per heavy atom. The molecule has 2 unspecified atom stereocenters. The first-order chi connectivity index (χ1) is 4.34. The Kier molecular flexibility index (Phi) is 34.0. The van der Waals surface area contributed by atoms with Crippen LogP contribution in [-0.2, 0) is 13.7 Å². The van der Waals surface area contributed by atoms with E-state index in [1.165, 1.54) is 0 Å². The molecule has 70 valence electrons. The number of hydrogen-bond donors (Lipinski definition) is 3. The summed E-state index contributed by atoms with van der Waals surface area (Å²) in [6.07, 6.45) is 0. The van der Waals surface area contributed by atoms with Crippen LogP contribution < -0.4 is 0 Å². The monoisotopic (exact) mass is 286 g/mol. The summed E-state index contributed by atoms with van der Waals surface area (Å²) in [5.74, 6) is -1.51. The van der Waals surface area contributed by atoms with Gasteiger partial charge in [-0.1, -0.05) is 0 Å². The van der Waals surface area contributed by atoms with Crippen molar-refractivity contribution in [3.05, 3.63) is 0 Å². The summed E-state index contributed by atoms with van der Waals surface area (Å²) in [4.78, 5) is 24.6. The molecule has 3 N–H and O–H groups in total. The van der Waals surface area contributed by atoms with Crippen LogP contribution in [0.3, 0.4) is 0 Å². The zero-order chi connectivity index (χ0) is 8.36. The van der Waals surface area contributed by atoms with Crippen LogP contribution in [0.4, 0.5) is 0 Å². The zero-order valence-corrected chi connectivity index (χ0v) is 6.99. The van der Waals surface area contributed by atoms with Gasteiger partial charge in [-0.05, 0) is 6.92 Å². The fraction of sp³-hybridized carbons (Fsp3) is 1.00. The molecule has 0 rings (SSSR count). The molecule has 2 atom stereocenters. The van der Waals surface area contributed by atoms with Crippen LogP contribution in [0.5, 0.6) is 0 Å². The molecule has 0 fully saturated rings. The van der Waals surface area contributed by atoms with Crippen LogP contribution in [-0.4, -0.2) is 139 Å². The first-order valence-electron chi connectivity index (χ1n) is 2.29. The molecular weight excluding hydrogens is 274 g/mol. The van der Waals surface area contributed by atoms with Crippen molar-refractivity contribution in [2.24, 2.45) is 0 Å². The van der Waals surface area contributed by atoms with E-state index >= 15 is 0 Å². The van der Waals surface area contributed by atoms with Gasteiger partial charge in [0.1, 0.15) is 0 Å². The molecule has 0 aliphatic carbocycles. The number of rotatable bonds is 3. The van der Waals surface area contributed by atoms with Gasteiger partial charge in [-0.3, -0.25) is 13.7 Å². The first kappa shape index (κ1) is 31.0. The summed E-state index contributed by atoms with van der Waals surface area (Å²) >= 11 is 0. The van der Waals surface area contributed by atoms with Crippen molar-refractivity contribution < 1.29 is 28.3 Å². The molecule has 0 saturated carbocycles. The molecule has 0 bridgehead atoms. The summed E-state index contributed by atoms with van der Waals surface area (Å²) in [6, 6.07) is 0. The Morgan fingerprint density at radius 1 is 1.21 bits per heavy atom. The fourth-order valence-electron chi connectivity index (χ4n) is 0.215. The molecule has 0 aromatic heterocycles. The van der Waals surface area contributed by atoms with E-state index in [1.54, 1.807) is 0 Å². The maximum absolute atomic E-state index is 10.2. The third-order valence-corrected chi connectivity index (χ3v) is 2.55.